The zero-order valence-electron chi connectivity index (χ0n) is 12.8. The number of hydrogen-bond donors (Lipinski definition) is 2. The zero-order valence-corrected chi connectivity index (χ0v) is 12.8. The molecule has 0 aliphatic heterocycles. The molecule has 2 aromatic carbocycles. The van der Waals surface area contributed by atoms with Gasteiger partial charge in [-0.3, -0.25) is 0 Å². The van der Waals surface area contributed by atoms with Crippen LogP contribution in [0.2, 0.25) is 0 Å². The van der Waals surface area contributed by atoms with Crippen LogP contribution in [0.5, 0.6) is 0 Å². The average molecular weight is 295 g/mol. The lowest BCUT2D eigenvalue weighted by molar-refractivity contribution is 0.292. The summed E-state index contributed by atoms with van der Waals surface area (Å²) in [6.07, 6.45) is 0.813. The van der Waals surface area contributed by atoms with E-state index in [1.165, 1.54) is 22.1 Å². The second kappa shape index (κ2) is 6.77. The third-order valence-corrected chi connectivity index (χ3v) is 3.79. The van der Waals surface area contributed by atoms with Crippen molar-refractivity contribution >= 4 is 11.0 Å². The van der Waals surface area contributed by atoms with Crippen molar-refractivity contribution in [3.05, 3.63) is 71.0 Å². The molecule has 0 fully saturated rings. The Bertz CT molecular complexity index is 747. The van der Waals surface area contributed by atoms with E-state index in [4.69, 9.17) is 9.52 Å². The van der Waals surface area contributed by atoms with Crippen LogP contribution in [0.4, 0.5) is 0 Å². The Morgan fingerprint density at radius 1 is 1.05 bits per heavy atom. The summed E-state index contributed by atoms with van der Waals surface area (Å²) in [5, 5.41) is 13.2. The molecule has 0 aliphatic carbocycles. The van der Waals surface area contributed by atoms with Gasteiger partial charge >= 0.3 is 0 Å². The number of hydrogen-bond acceptors (Lipinski definition) is 3. The van der Waals surface area contributed by atoms with Crippen molar-refractivity contribution in [3.8, 4) is 0 Å². The summed E-state index contributed by atoms with van der Waals surface area (Å²) >= 11 is 0. The Hall–Kier alpha value is -2.10. The molecular weight excluding hydrogens is 274 g/mol. The number of rotatable bonds is 6. The fourth-order valence-corrected chi connectivity index (χ4v) is 2.74. The van der Waals surface area contributed by atoms with Crippen molar-refractivity contribution in [2.24, 2.45) is 0 Å². The lowest BCUT2D eigenvalue weighted by Gasteiger charge is -2.04. The highest BCUT2D eigenvalue weighted by Crippen LogP contribution is 2.26. The molecule has 22 heavy (non-hydrogen) atoms. The van der Waals surface area contributed by atoms with Crippen LogP contribution in [-0.2, 0) is 13.0 Å². The summed E-state index contributed by atoms with van der Waals surface area (Å²) in [5.41, 5.74) is 4.59. The van der Waals surface area contributed by atoms with E-state index in [2.05, 4.69) is 42.6 Å². The molecule has 3 aromatic rings. The minimum Gasteiger partial charge on any atom is -0.461 e. The van der Waals surface area contributed by atoms with Gasteiger partial charge in [0.25, 0.3) is 0 Å². The molecule has 0 bridgehead atoms. The minimum absolute atomic E-state index is 0.156. The number of aliphatic hydroxyl groups excluding tert-OH is 1. The Labute approximate surface area is 130 Å². The Morgan fingerprint density at radius 2 is 1.86 bits per heavy atom. The van der Waals surface area contributed by atoms with E-state index in [1.807, 2.05) is 18.2 Å². The second-order valence-electron chi connectivity index (χ2n) is 5.60. The number of aryl methyl sites for hydroxylation is 1. The molecule has 0 spiro atoms. The molecule has 0 saturated carbocycles. The average Bonchev–Trinajstić information content (AvgIpc) is 2.92. The smallest absolute Gasteiger partial charge is 0.134 e. The number of nitrogens with one attached hydrogen (secondary N) is 1. The van der Waals surface area contributed by atoms with E-state index in [0.29, 0.717) is 6.54 Å². The van der Waals surface area contributed by atoms with Crippen LogP contribution < -0.4 is 5.32 Å². The van der Waals surface area contributed by atoms with Crippen molar-refractivity contribution in [2.45, 2.75) is 19.9 Å². The molecule has 1 heterocycles. The molecule has 1 aromatic heterocycles. The highest BCUT2D eigenvalue weighted by molar-refractivity contribution is 5.82. The molecule has 0 radical (unpaired) electrons. The van der Waals surface area contributed by atoms with Crippen LogP contribution in [0, 0.1) is 6.92 Å². The molecule has 0 atom stereocenters. The number of furan rings is 1. The van der Waals surface area contributed by atoms with Gasteiger partial charge in [0.2, 0.25) is 0 Å². The summed E-state index contributed by atoms with van der Waals surface area (Å²) in [6.45, 7) is 3.61. The van der Waals surface area contributed by atoms with Crippen molar-refractivity contribution in [1.82, 2.24) is 5.32 Å². The van der Waals surface area contributed by atoms with Crippen molar-refractivity contribution < 1.29 is 9.52 Å². The maximum Gasteiger partial charge on any atom is 0.134 e. The first kappa shape index (κ1) is 14.8. The van der Waals surface area contributed by atoms with Crippen LogP contribution in [0.15, 0.2) is 52.9 Å². The topological polar surface area (TPSA) is 45.4 Å². The van der Waals surface area contributed by atoms with Crippen LogP contribution >= 0.6 is 0 Å². The van der Waals surface area contributed by atoms with Crippen LogP contribution in [0.1, 0.15) is 22.5 Å². The van der Waals surface area contributed by atoms with Crippen LogP contribution in [0.25, 0.3) is 11.0 Å². The Morgan fingerprint density at radius 3 is 2.64 bits per heavy atom. The zero-order chi connectivity index (χ0) is 15.4. The van der Waals surface area contributed by atoms with Gasteiger partial charge in [-0.25, -0.2) is 0 Å². The predicted octanol–water partition coefficient (Wildman–Crippen LogP) is 3.41. The lowest BCUT2D eigenvalue weighted by Crippen LogP contribution is -2.17. The molecule has 3 nitrogen and oxygen atoms in total. The Balaban J connectivity index is 1.84. The lowest BCUT2D eigenvalue weighted by atomic mass is 10.1. The third kappa shape index (κ3) is 3.38. The molecule has 3 rings (SSSR count). The van der Waals surface area contributed by atoms with E-state index in [1.54, 1.807) is 0 Å². The van der Waals surface area contributed by atoms with Crippen molar-refractivity contribution in [1.29, 1.82) is 0 Å². The monoisotopic (exact) mass is 295 g/mol. The van der Waals surface area contributed by atoms with Gasteiger partial charge in [-0.2, -0.15) is 0 Å². The van der Waals surface area contributed by atoms with Gasteiger partial charge in [0.1, 0.15) is 11.3 Å². The first-order chi connectivity index (χ1) is 10.8. The van der Waals surface area contributed by atoms with E-state index >= 15 is 0 Å². The molecule has 0 unspecified atom stereocenters. The normalized spacial score (nSPS) is 11.2. The number of aliphatic hydroxyl groups is 1. The highest BCUT2D eigenvalue weighted by Gasteiger charge is 2.08. The fourth-order valence-electron chi connectivity index (χ4n) is 2.74. The second-order valence-corrected chi connectivity index (χ2v) is 5.60. The molecule has 3 heteroatoms. The first-order valence-electron chi connectivity index (χ1n) is 7.63. The quantitative estimate of drug-likeness (QED) is 0.685. The summed E-state index contributed by atoms with van der Waals surface area (Å²) in [6, 6.07) is 16.8. The van der Waals surface area contributed by atoms with Gasteiger partial charge in [0.05, 0.1) is 6.61 Å². The highest BCUT2D eigenvalue weighted by atomic mass is 16.3. The molecular formula is C19H21NO2. The molecule has 114 valence electrons. The molecule has 2 N–H and O–H groups in total. The largest absolute Gasteiger partial charge is 0.461 e. The summed E-state index contributed by atoms with van der Waals surface area (Å²) in [7, 11) is 0. The first-order valence-corrected chi connectivity index (χ1v) is 7.63. The molecule has 0 aliphatic rings. The summed E-state index contributed by atoms with van der Waals surface area (Å²) in [5.74, 6) is 0.991. The minimum atomic E-state index is 0.156. The molecule has 0 saturated heterocycles. The maximum absolute atomic E-state index is 8.83. The molecule has 0 amide bonds. The van der Waals surface area contributed by atoms with Gasteiger partial charge in [-0.05, 0) is 35.7 Å². The maximum atomic E-state index is 8.83. The SMILES string of the molecule is Cc1cc(CNCCO)cc2oc(Cc3ccccc3)cc12. The summed E-state index contributed by atoms with van der Waals surface area (Å²) < 4.78 is 6.02. The number of benzene rings is 2. The predicted molar refractivity (Wildman–Crippen MR) is 89.0 cm³/mol. The van der Waals surface area contributed by atoms with Crippen LogP contribution in [-0.4, -0.2) is 18.3 Å². The van der Waals surface area contributed by atoms with E-state index in [-0.39, 0.29) is 6.61 Å². The van der Waals surface area contributed by atoms with E-state index in [9.17, 15) is 0 Å². The van der Waals surface area contributed by atoms with Gasteiger partial charge in [-0.1, -0.05) is 36.4 Å². The van der Waals surface area contributed by atoms with Crippen molar-refractivity contribution in [3.63, 3.8) is 0 Å². The fraction of sp³-hybridized carbons (Fsp3) is 0.263. The van der Waals surface area contributed by atoms with E-state index < -0.39 is 0 Å². The van der Waals surface area contributed by atoms with Gasteiger partial charge in [0, 0.05) is 24.9 Å². The third-order valence-electron chi connectivity index (χ3n) is 3.79. The van der Waals surface area contributed by atoms with E-state index in [0.717, 1.165) is 24.3 Å². The number of fused-ring (bicyclic) bond motifs is 1. The van der Waals surface area contributed by atoms with Gasteiger partial charge < -0.3 is 14.8 Å². The summed E-state index contributed by atoms with van der Waals surface area (Å²) in [4.78, 5) is 0. The van der Waals surface area contributed by atoms with Crippen LogP contribution in [0.3, 0.4) is 0 Å². The van der Waals surface area contributed by atoms with Gasteiger partial charge in [-0.15, -0.1) is 0 Å². The van der Waals surface area contributed by atoms with Crippen molar-refractivity contribution in [2.75, 3.05) is 13.2 Å². The van der Waals surface area contributed by atoms with Gasteiger partial charge in [0.15, 0.2) is 0 Å². The standard InChI is InChI=1S/C19H21NO2/c1-14-9-16(13-20-7-8-21)11-19-18(14)12-17(22-19)10-15-5-3-2-4-6-15/h2-6,9,11-12,20-21H,7-8,10,13H2,1H3. The Kier molecular flexibility index (Phi) is 4.56.